The molecule has 6 unspecified atom stereocenters. The van der Waals surface area contributed by atoms with Crippen LogP contribution in [-0.4, -0.2) is 71.1 Å². The predicted molar refractivity (Wildman–Crippen MR) is 99.3 cm³/mol. The normalized spacial score (nSPS) is 44.7. The molecule has 0 aromatic heterocycles. The molecule has 0 radical (unpaired) electrons. The van der Waals surface area contributed by atoms with E-state index in [1.54, 1.807) is 7.11 Å². The number of epoxide rings is 1. The fourth-order valence-corrected chi connectivity index (χ4v) is 5.32. The SMILES string of the molecule is COC1C(O)CCC(O)(C[N+]2([O-])CCCC2)C1C1(C)OC1CC=C(C)C. The lowest BCUT2D eigenvalue weighted by Gasteiger charge is -2.52. The lowest BCUT2D eigenvalue weighted by molar-refractivity contribution is -0.876. The van der Waals surface area contributed by atoms with E-state index in [-0.39, 0.29) is 17.3 Å². The number of hydroxylamine groups is 3. The van der Waals surface area contributed by atoms with E-state index in [4.69, 9.17) is 9.47 Å². The monoisotopic (exact) mass is 369 g/mol. The minimum atomic E-state index is -1.18. The molecule has 0 spiro atoms. The fourth-order valence-electron chi connectivity index (χ4n) is 5.32. The molecule has 0 amide bonds. The van der Waals surface area contributed by atoms with Gasteiger partial charge in [0.1, 0.15) is 17.7 Å². The molecule has 0 bridgehead atoms. The molecular formula is C20H35NO5. The van der Waals surface area contributed by atoms with Crippen LogP contribution in [0.15, 0.2) is 11.6 Å². The first-order valence-corrected chi connectivity index (χ1v) is 9.95. The highest BCUT2D eigenvalue weighted by Crippen LogP contribution is 2.54. The second kappa shape index (κ2) is 7.15. The number of rotatable bonds is 6. The molecule has 1 aliphatic carbocycles. The van der Waals surface area contributed by atoms with Gasteiger partial charge in [0.2, 0.25) is 0 Å². The maximum Gasteiger partial charge on any atom is 0.122 e. The number of nitrogens with zero attached hydrogens (tertiary/aromatic N) is 1. The molecule has 150 valence electrons. The van der Waals surface area contributed by atoms with Crippen LogP contribution >= 0.6 is 0 Å². The topological polar surface area (TPSA) is 85.3 Å². The molecule has 3 rings (SSSR count). The van der Waals surface area contributed by atoms with Gasteiger partial charge < -0.3 is 29.5 Å². The number of hydrogen-bond donors (Lipinski definition) is 2. The van der Waals surface area contributed by atoms with Crippen molar-refractivity contribution < 1.29 is 24.3 Å². The molecule has 2 heterocycles. The average Bonchev–Trinajstić information content (AvgIpc) is 3.03. The van der Waals surface area contributed by atoms with E-state index < -0.39 is 29.3 Å². The van der Waals surface area contributed by atoms with Crippen molar-refractivity contribution in [3.8, 4) is 0 Å². The van der Waals surface area contributed by atoms with E-state index in [0.717, 1.165) is 19.3 Å². The zero-order chi connectivity index (χ0) is 19.2. The van der Waals surface area contributed by atoms with Crippen molar-refractivity contribution in [3.63, 3.8) is 0 Å². The summed E-state index contributed by atoms with van der Waals surface area (Å²) in [6, 6.07) is 0. The summed E-state index contributed by atoms with van der Waals surface area (Å²) in [6.45, 7) is 7.39. The van der Waals surface area contributed by atoms with E-state index in [1.807, 2.05) is 6.92 Å². The molecule has 2 saturated heterocycles. The summed E-state index contributed by atoms with van der Waals surface area (Å²) in [5.41, 5.74) is -0.534. The van der Waals surface area contributed by atoms with Crippen molar-refractivity contribution in [1.29, 1.82) is 0 Å². The minimum absolute atomic E-state index is 0.0180. The molecule has 3 fully saturated rings. The Labute approximate surface area is 156 Å². The van der Waals surface area contributed by atoms with Gasteiger partial charge in [0.25, 0.3) is 0 Å². The van der Waals surface area contributed by atoms with Crippen LogP contribution in [0.3, 0.4) is 0 Å². The quantitative estimate of drug-likeness (QED) is 0.324. The van der Waals surface area contributed by atoms with Crippen LogP contribution < -0.4 is 0 Å². The number of aliphatic hydroxyl groups excluding tert-OH is 1. The van der Waals surface area contributed by atoms with Crippen molar-refractivity contribution in [1.82, 2.24) is 0 Å². The molecule has 0 aromatic rings. The molecule has 2 aliphatic heterocycles. The number of likely N-dealkylation sites (tertiary alicyclic amines) is 1. The van der Waals surface area contributed by atoms with Gasteiger partial charge in [0.15, 0.2) is 0 Å². The van der Waals surface area contributed by atoms with Gasteiger partial charge in [-0.1, -0.05) is 11.6 Å². The summed E-state index contributed by atoms with van der Waals surface area (Å²) >= 11 is 0. The van der Waals surface area contributed by atoms with Gasteiger partial charge >= 0.3 is 0 Å². The Bertz CT molecular complexity index is 542. The lowest BCUT2D eigenvalue weighted by atomic mass is 9.65. The van der Waals surface area contributed by atoms with Gasteiger partial charge in [0, 0.05) is 20.0 Å². The maximum absolute atomic E-state index is 13.1. The first-order valence-electron chi connectivity index (χ1n) is 9.95. The predicted octanol–water partition coefficient (Wildman–Crippen LogP) is 2.13. The summed E-state index contributed by atoms with van der Waals surface area (Å²) in [7, 11) is 1.57. The molecule has 6 heteroatoms. The van der Waals surface area contributed by atoms with E-state index >= 15 is 0 Å². The van der Waals surface area contributed by atoms with Crippen LogP contribution in [0.25, 0.3) is 0 Å². The zero-order valence-corrected chi connectivity index (χ0v) is 16.6. The highest BCUT2D eigenvalue weighted by Gasteiger charge is 2.68. The average molecular weight is 370 g/mol. The molecule has 1 saturated carbocycles. The van der Waals surface area contributed by atoms with Crippen molar-refractivity contribution in [3.05, 3.63) is 16.9 Å². The van der Waals surface area contributed by atoms with Gasteiger partial charge in [0.05, 0.1) is 37.3 Å². The van der Waals surface area contributed by atoms with E-state index in [9.17, 15) is 15.4 Å². The Morgan fingerprint density at radius 3 is 2.58 bits per heavy atom. The van der Waals surface area contributed by atoms with Crippen molar-refractivity contribution >= 4 is 0 Å². The highest BCUT2D eigenvalue weighted by atomic mass is 16.6. The standard InChI is InChI=1S/C20H35NO5/c1-14(2)7-8-16-19(3,26-16)18-17(25-4)15(22)9-10-20(18,23)13-21(24)11-5-6-12-21/h7,15-18,22-23H,5-6,8-13H2,1-4H3. The zero-order valence-electron chi connectivity index (χ0n) is 16.6. The first kappa shape index (κ1) is 20.2. The second-order valence-electron chi connectivity index (χ2n) is 9.07. The fraction of sp³-hybridized carbons (Fsp3) is 0.900. The Hall–Kier alpha value is -0.500. The third-order valence-electron chi connectivity index (χ3n) is 6.71. The largest absolute Gasteiger partial charge is 0.633 e. The Kier molecular flexibility index (Phi) is 5.57. The Morgan fingerprint density at radius 2 is 2.00 bits per heavy atom. The highest BCUT2D eigenvalue weighted by molar-refractivity contribution is 5.17. The molecule has 3 aliphatic rings. The smallest absolute Gasteiger partial charge is 0.122 e. The molecule has 6 nitrogen and oxygen atoms in total. The third kappa shape index (κ3) is 3.73. The first-order chi connectivity index (χ1) is 12.1. The van der Waals surface area contributed by atoms with Crippen LogP contribution in [0.4, 0.5) is 0 Å². The van der Waals surface area contributed by atoms with Crippen LogP contribution in [0.2, 0.25) is 0 Å². The lowest BCUT2D eigenvalue weighted by Crippen LogP contribution is -2.65. The Morgan fingerprint density at radius 1 is 1.35 bits per heavy atom. The third-order valence-corrected chi connectivity index (χ3v) is 6.71. The molecule has 6 atom stereocenters. The van der Waals surface area contributed by atoms with Crippen LogP contribution in [0, 0.1) is 11.1 Å². The van der Waals surface area contributed by atoms with Crippen LogP contribution in [0.1, 0.15) is 52.9 Å². The maximum atomic E-state index is 13.1. The van der Waals surface area contributed by atoms with E-state index in [2.05, 4.69) is 19.9 Å². The van der Waals surface area contributed by atoms with E-state index in [0.29, 0.717) is 25.9 Å². The summed E-state index contributed by atoms with van der Waals surface area (Å²) in [4.78, 5) is 0. The number of allylic oxidation sites excluding steroid dienone is 1. The van der Waals surface area contributed by atoms with Gasteiger partial charge in [-0.2, -0.15) is 0 Å². The van der Waals surface area contributed by atoms with Crippen molar-refractivity contribution in [2.75, 3.05) is 26.7 Å². The van der Waals surface area contributed by atoms with Crippen molar-refractivity contribution in [2.24, 2.45) is 5.92 Å². The minimum Gasteiger partial charge on any atom is -0.633 e. The van der Waals surface area contributed by atoms with Crippen LogP contribution in [0.5, 0.6) is 0 Å². The van der Waals surface area contributed by atoms with Gasteiger partial charge in [-0.05, 0) is 40.0 Å². The number of ether oxygens (including phenoxy) is 2. The van der Waals surface area contributed by atoms with Gasteiger partial charge in [-0.3, -0.25) is 0 Å². The summed E-state index contributed by atoms with van der Waals surface area (Å²) in [5, 5.41) is 35.2. The van der Waals surface area contributed by atoms with Crippen LogP contribution in [-0.2, 0) is 9.47 Å². The molecule has 26 heavy (non-hydrogen) atoms. The number of quaternary nitrogens is 1. The Balaban J connectivity index is 1.86. The molecule has 0 aromatic carbocycles. The summed E-state index contributed by atoms with van der Waals surface area (Å²) in [6.07, 6.45) is 4.41. The molecule has 2 N–H and O–H groups in total. The second-order valence-corrected chi connectivity index (χ2v) is 9.07. The number of aliphatic hydroxyl groups is 2. The number of methoxy groups -OCH3 is 1. The van der Waals surface area contributed by atoms with Gasteiger partial charge in [-0.15, -0.1) is 0 Å². The number of hydrogen-bond acceptors (Lipinski definition) is 5. The van der Waals surface area contributed by atoms with Gasteiger partial charge in [-0.25, -0.2) is 0 Å². The summed E-state index contributed by atoms with van der Waals surface area (Å²) < 4.78 is 11.4. The van der Waals surface area contributed by atoms with E-state index in [1.165, 1.54) is 5.57 Å². The summed E-state index contributed by atoms with van der Waals surface area (Å²) in [5.74, 6) is -0.413. The van der Waals surface area contributed by atoms with Crippen molar-refractivity contribution in [2.45, 2.75) is 82.4 Å². The molecular weight excluding hydrogens is 334 g/mol.